The molecule has 1 atom stereocenters. The van der Waals surface area contributed by atoms with Crippen LogP contribution in [0, 0.1) is 5.41 Å². The van der Waals surface area contributed by atoms with Crippen LogP contribution >= 0.6 is 0 Å². The van der Waals surface area contributed by atoms with Gasteiger partial charge in [-0.1, -0.05) is 52.3 Å². The first-order chi connectivity index (χ1) is 7.95. The summed E-state index contributed by atoms with van der Waals surface area (Å²) in [6, 6.07) is 9.16. The number of hydrogen-bond acceptors (Lipinski definition) is 2. The van der Waals surface area contributed by atoms with Gasteiger partial charge < -0.3 is 4.74 Å². The number of carbonyl (C=O) groups is 1. The third-order valence-electron chi connectivity index (χ3n) is 2.78. The fraction of sp³-hybridized carbons (Fsp3) is 0.533. The van der Waals surface area contributed by atoms with Crippen molar-refractivity contribution < 1.29 is 9.53 Å². The molecule has 0 aliphatic rings. The first-order valence-corrected chi connectivity index (χ1v) is 6.21. The zero-order valence-corrected chi connectivity index (χ0v) is 11.2. The van der Waals surface area contributed by atoms with E-state index in [-0.39, 0.29) is 17.5 Å². The summed E-state index contributed by atoms with van der Waals surface area (Å²) in [5.74, 6) is -0.223. The van der Waals surface area contributed by atoms with E-state index in [9.17, 15) is 4.79 Å². The molecule has 0 heterocycles. The summed E-state index contributed by atoms with van der Waals surface area (Å²) >= 11 is 0. The highest BCUT2D eigenvalue weighted by atomic mass is 16.5. The van der Waals surface area contributed by atoms with Crippen LogP contribution in [0.5, 0.6) is 0 Å². The minimum Gasteiger partial charge on any atom is -0.458 e. The van der Waals surface area contributed by atoms with Crippen LogP contribution < -0.4 is 0 Å². The van der Waals surface area contributed by atoms with Crippen LogP contribution in [0.25, 0.3) is 0 Å². The molecule has 0 aromatic heterocycles. The molecule has 2 nitrogen and oxygen atoms in total. The van der Waals surface area contributed by atoms with Crippen LogP contribution in [-0.2, 0) is 4.74 Å². The number of hydrogen-bond donors (Lipinski definition) is 0. The predicted octanol–water partition coefficient (Wildman–Crippen LogP) is 4.06. The Labute approximate surface area is 104 Å². The van der Waals surface area contributed by atoms with Crippen molar-refractivity contribution in [2.45, 2.75) is 46.6 Å². The maximum Gasteiger partial charge on any atom is 0.338 e. The molecule has 0 unspecified atom stereocenters. The molecule has 1 rings (SSSR count). The molecule has 0 bridgehead atoms. The Morgan fingerprint density at radius 1 is 1.24 bits per heavy atom. The summed E-state index contributed by atoms with van der Waals surface area (Å²) in [4.78, 5) is 12.0. The van der Waals surface area contributed by atoms with Crippen LogP contribution in [0.15, 0.2) is 30.3 Å². The second-order valence-corrected chi connectivity index (χ2v) is 5.41. The van der Waals surface area contributed by atoms with E-state index in [4.69, 9.17) is 4.74 Å². The SMILES string of the molecule is CCC[C@H](OC(=O)c1ccccc1)C(C)(C)C. The van der Waals surface area contributed by atoms with Crippen molar-refractivity contribution in [3.63, 3.8) is 0 Å². The fourth-order valence-corrected chi connectivity index (χ4v) is 1.70. The van der Waals surface area contributed by atoms with E-state index in [1.807, 2.05) is 18.2 Å². The molecule has 0 saturated heterocycles. The smallest absolute Gasteiger partial charge is 0.338 e. The Kier molecular flexibility index (Phi) is 4.73. The number of benzene rings is 1. The Morgan fingerprint density at radius 2 is 1.82 bits per heavy atom. The van der Waals surface area contributed by atoms with Crippen molar-refractivity contribution in [2.24, 2.45) is 5.41 Å². The highest BCUT2D eigenvalue weighted by Gasteiger charge is 2.27. The first kappa shape index (κ1) is 13.8. The molecule has 1 aromatic rings. The van der Waals surface area contributed by atoms with Crippen molar-refractivity contribution in [1.29, 1.82) is 0 Å². The second-order valence-electron chi connectivity index (χ2n) is 5.41. The van der Waals surface area contributed by atoms with E-state index in [1.165, 1.54) is 0 Å². The lowest BCUT2D eigenvalue weighted by Crippen LogP contribution is -2.31. The van der Waals surface area contributed by atoms with E-state index in [0.717, 1.165) is 12.8 Å². The van der Waals surface area contributed by atoms with Gasteiger partial charge in [-0.3, -0.25) is 0 Å². The summed E-state index contributed by atoms with van der Waals surface area (Å²) in [6.45, 7) is 8.41. The molecule has 0 N–H and O–H groups in total. The predicted molar refractivity (Wildman–Crippen MR) is 70.0 cm³/mol. The molecule has 0 aliphatic carbocycles. The quantitative estimate of drug-likeness (QED) is 0.734. The van der Waals surface area contributed by atoms with Crippen molar-refractivity contribution in [1.82, 2.24) is 0 Å². The van der Waals surface area contributed by atoms with E-state index in [0.29, 0.717) is 5.56 Å². The van der Waals surface area contributed by atoms with Crippen LogP contribution in [0.3, 0.4) is 0 Å². The molecule has 2 heteroatoms. The Morgan fingerprint density at radius 3 is 2.29 bits per heavy atom. The Balaban J connectivity index is 2.71. The van der Waals surface area contributed by atoms with Gasteiger partial charge in [0.15, 0.2) is 0 Å². The fourth-order valence-electron chi connectivity index (χ4n) is 1.70. The van der Waals surface area contributed by atoms with E-state index < -0.39 is 0 Å². The van der Waals surface area contributed by atoms with E-state index >= 15 is 0 Å². The molecule has 0 fully saturated rings. The van der Waals surface area contributed by atoms with Gasteiger partial charge in [0.05, 0.1) is 5.56 Å². The summed E-state index contributed by atoms with van der Waals surface area (Å²) in [5.41, 5.74) is 0.610. The lowest BCUT2D eigenvalue weighted by Gasteiger charge is -2.30. The summed E-state index contributed by atoms with van der Waals surface area (Å²) in [5, 5.41) is 0. The molecule has 17 heavy (non-hydrogen) atoms. The minimum absolute atomic E-state index is 0.0134. The van der Waals surface area contributed by atoms with Gasteiger partial charge in [-0.05, 0) is 24.0 Å². The number of ether oxygens (including phenoxy) is 1. The monoisotopic (exact) mass is 234 g/mol. The van der Waals surface area contributed by atoms with Crippen molar-refractivity contribution >= 4 is 5.97 Å². The van der Waals surface area contributed by atoms with Gasteiger partial charge >= 0.3 is 5.97 Å². The average Bonchev–Trinajstić information content (AvgIpc) is 2.28. The van der Waals surface area contributed by atoms with Gasteiger partial charge in [-0.2, -0.15) is 0 Å². The largest absolute Gasteiger partial charge is 0.458 e. The Hall–Kier alpha value is -1.31. The molecule has 1 aromatic carbocycles. The number of carbonyl (C=O) groups excluding carboxylic acids is 1. The second kappa shape index (κ2) is 5.85. The van der Waals surface area contributed by atoms with Gasteiger partial charge in [0.2, 0.25) is 0 Å². The van der Waals surface area contributed by atoms with Crippen molar-refractivity contribution in [3.8, 4) is 0 Å². The normalized spacial score (nSPS) is 13.2. The first-order valence-electron chi connectivity index (χ1n) is 6.21. The highest BCUT2D eigenvalue weighted by molar-refractivity contribution is 5.89. The molecule has 0 spiro atoms. The lowest BCUT2D eigenvalue weighted by molar-refractivity contribution is -0.00619. The molecule has 0 saturated carbocycles. The van der Waals surface area contributed by atoms with E-state index in [1.54, 1.807) is 12.1 Å². The Bertz CT molecular complexity index is 349. The number of rotatable bonds is 4. The molecule has 0 amide bonds. The third-order valence-corrected chi connectivity index (χ3v) is 2.78. The summed E-state index contributed by atoms with van der Waals surface area (Å²) < 4.78 is 5.60. The lowest BCUT2D eigenvalue weighted by atomic mass is 9.86. The van der Waals surface area contributed by atoms with Crippen LogP contribution in [0.4, 0.5) is 0 Å². The topological polar surface area (TPSA) is 26.3 Å². The summed E-state index contributed by atoms with van der Waals surface area (Å²) in [7, 11) is 0. The minimum atomic E-state index is -0.223. The molecular formula is C15H22O2. The molecule has 0 radical (unpaired) electrons. The van der Waals surface area contributed by atoms with Gasteiger partial charge in [0.1, 0.15) is 6.10 Å². The average molecular weight is 234 g/mol. The molecule has 94 valence electrons. The van der Waals surface area contributed by atoms with Gasteiger partial charge in [0, 0.05) is 0 Å². The maximum absolute atomic E-state index is 12.0. The third kappa shape index (κ3) is 4.22. The number of esters is 1. The molecular weight excluding hydrogens is 212 g/mol. The van der Waals surface area contributed by atoms with Gasteiger partial charge in [0.25, 0.3) is 0 Å². The maximum atomic E-state index is 12.0. The van der Waals surface area contributed by atoms with Gasteiger partial charge in [-0.15, -0.1) is 0 Å². The zero-order valence-electron chi connectivity index (χ0n) is 11.2. The standard InChI is InChI=1S/C15H22O2/c1-5-9-13(15(2,3)4)17-14(16)12-10-7-6-8-11-12/h6-8,10-11,13H,5,9H2,1-4H3/t13-/m0/s1. The van der Waals surface area contributed by atoms with Crippen LogP contribution in [-0.4, -0.2) is 12.1 Å². The summed E-state index contributed by atoms with van der Waals surface area (Å²) in [6.07, 6.45) is 1.90. The van der Waals surface area contributed by atoms with Crippen LogP contribution in [0.1, 0.15) is 50.9 Å². The molecule has 0 aliphatic heterocycles. The van der Waals surface area contributed by atoms with Gasteiger partial charge in [-0.25, -0.2) is 4.79 Å². The van der Waals surface area contributed by atoms with Crippen LogP contribution in [0.2, 0.25) is 0 Å². The highest BCUT2D eigenvalue weighted by Crippen LogP contribution is 2.26. The van der Waals surface area contributed by atoms with Crippen molar-refractivity contribution in [3.05, 3.63) is 35.9 Å². The van der Waals surface area contributed by atoms with E-state index in [2.05, 4.69) is 27.7 Å². The zero-order chi connectivity index (χ0) is 12.9. The van der Waals surface area contributed by atoms with Crippen molar-refractivity contribution in [2.75, 3.05) is 0 Å².